The fourth-order valence-corrected chi connectivity index (χ4v) is 2.52. The van der Waals surface area contributed by atoms with Gasteiger partial charge in [0.25, 0.3) is 0 Å². The first-order valence-corrected chi connectivity index (χ1v) is 7.60. The van der Waals surface area contributed by atoms with Gasteiger partial charge in [-0.1, -0.05) is 37.3 Å². The molecule has 0 aliphatic rings. The topological polar surface area (TPSA) is 29.9 Å². The van der Waals surface area contributed by atoms with Crippen LogP contribution in [-0.2, 0) is 19.4 Å². The molecular formula is C17H25N3. The molecule has 1 aromatic heterocycles. The second kappa shape index (κ2) is 7.85. The van der Waals surface area contributed by atoms with Crippen LogP contribution in [0.4, 0.5) is 0 Å². The minimum Gasteiger partial charge on any atom is -0.314 e. The molecule has 20 heavy (non-hydrogen) atoms. The number of benzene rings is 1. The van der Waals surface area contributed by atoms with E-state index in [1.807, 2.05) is 10.9 Å². The van der Waals surface area contributed by atoms with Crippen molar-refractivity contribution >= 4 is 0 Å². The van der Waals surface area contributed by atoms with Crippen molar-refractivity contribution < 1.29 is 0 Å². The zero-order valence-electron chi connectivity index (χ0n) is 12.5. The highest BCUT2D eigenvalue weighted by Gasteiger charge is 2.10. The minimum atomic E-state index is 0.523. The van der Waals surface area contributed by atoms with Gasteiger partial charge in [0, 0.05) is 18.8 Å². The molecule has 0 radical (unpaired) electrons. The molecule has 0 aliphatic carbocycles. The second-order valence-electron chi connectivity index (χ2n) is 5.19. The lowest BCUT2D eigenvalue weighted by molar-refractivity contribution is 0.491. The van der Waals surface area contributed by atoms with E-state index in [1.54, 1.807) is 0 Å². The summed E-state index contributed by atoms with van der Waals surface area (Å²) in [6.45, 7) is 6.25. The lowest BCUT2D eigenvalue weighted by atomic mass is 10.0. The lowest BCUT2D eigenvalue weighted by Gasteiger charge is -2.17. The third kappa shape index (κ3) is 4.49. The summed E-state index contributed by atoms with van der Waals surface area (Å²) in [6.07, 6.45) is 7.50. The molecule has 3 heteroatoms. The number of aromatic nitrogens is 2. The van der Waals surface area contributed by atoms with Crippen molar-refractivity contribution in [2.75, 3.05) is 6.54 Å². The van der Waals surface area contributed by atoms with Crippen LogP contribution in [0.1, 0.15) is 31.4 Å². The van der Waals surface area contributed by atoms with Crippen molar-refractivity contribution in [2.24, 2.45) is 0 Å². The third-order valence-electron chi connectivity index (χ3n) is 3.61. The molecule has 108 valence electrons. The number of nitrogens with zero attached hydrogens (tertiary/aromatic N) is 2. The van der Waals surface area contributed by atoms with E-state index in [-0.39, 0.29) is 0 Å². The number of likely N-dealkylation sites (N-methyl/N-ethyl adjacent to an activating group) is 1. The number of hydrogen-bond donors (Lipinski definition) is 1. The van der Waals surface area contributed by atoms with Gasteiger partial charge < -0.3 is 5.32 Å². The third-order valence-corrected chi connectivity index (χ3v) is 3.61. The predicted molar refractivity (Wildman–Crippen MR) is 83.8 cm³/mol. The van der Waals surface area contributed by atoms with Crippen LogP contribution in [0.3, 0.4) is 0 Å². The van der Waals surface area contributed by atoms with Crippen LogP contribution >= 0.6 is 0 Å². The van der Waals surface area contributed by atoms with Gasteiger partial charge in [0.2, 0.25) is 0 Å². The summed E-state index contributed by atoms with van der Waals surface area (Å²) < 4.78 is 2.00. The number of nitrogens with one attached hydrogen (secondary N) is 1. The standard InChI is InChI=1S/C17H25N3/c1-3-18-17(11-10-15-8-6-5-7-9-15)12-16-13-19-20(4-2)14-16/h5-9,13-14,17-18H,3-4,10-12H2,1-2H3. The van der Waals surface area contributed by atoms with Crippen molar-refractivity contribution in [1.82, 2.24) is 15.1 Å². The lowest BCUT2D eigenvalue weighted by Crippen LogP contribution is -2.31. The molecule has 0 amide bonds. The Morgan fingerprint density at radius 2 is 1.95 bits per heavy atom. The number of aryl methyl sites for hydroxylation is 2. The molecule has 2 rings (SSSR count). The van der Waals surface area contributed by atoms with E-state index in [4.69, 9.17) is 0 Å². The molecule has 1 N–H and O–H groups in total. The number of hydrogen-bond acceptors (Lipinski definition) is 2. The first-order valence-electron chi connectivity index (χ1n) is 7.60. The Morgan fingerprint density at radius 3 is 2.60 bits per heavy atom. The molecule has 1 heterocycles. The molecule has 1 unspecified atom stereocenters. The maximum absolute atomic E-state index is 4.36. The highest BCUT2D eigenvalue weighted by molar-refractivity contribution is 5.15. The predicted octanol–water partition coefficient (Wildman–Crippen LogP) is 3.06. The van der Waals surface area contributed by atoms with Gasteiger partial charge in [-0.25, -0.2) is 0 Å². The Balaban J connectivity index is 1.89. The molecule has 1 aromatic carbocycles. The van der Waals surface area contributed by atoms with Crippen LogP contribution in [0.15, 0.2) is 42.7 Å². The molecule has 1 atom stereocenters. The summed E-state index contributed by atoms with van der Waals surface area (Å²) in [5.41, 5.74) is 2.74. The van der Waals surface area contributed by atoms with E-state index in [0.717, 1.165) is 32.4 Å². The van der Waals surface area contributed by atoms with Crippen molar-refractivity contribution in [1.29, 1.82) is 0 Å². The summed E-state index contributed by atoms with van der Waals surface area (Å²) >= 11 is 0. The van der Waals surface area contributed by atoms with Gasteiger partial charge >= 0.3 is 0 Å². The monoisotopic (exact) mass is 271 g/mol. The number of rotatable bonds is 8. The summed E-state index contributed by atoms with van der Waals surface area (Å²) in [5, 5.41) is 7.95. The van der Waals surface area contributed by atoms with E-state index in [1.165, 1.54) is 11.1 Å². The molecule has 0 spiro atoms. The molecule has 3 nitrogen and oxygen atoms in total. The van der Waals surface area contributed by atoms with Crippen LogP contribution in [0.25, 0.3) is 0 Å². The smallest absolute Gasteiger partial charge is 0.0522 e. The Kier molecular flexibility index (Phi) is 5.81. The Bertz CT molecular complexity index is 490. The summed E-state index contributed by atoms with van der Waals surface area (Å²) in [4.78, 5) is 0. The van der Waals surface area contributed by atoms with Crippen LogP contribution < -0.4 is 5.32 Å². The Morgan fingerprint density at radius 1 is 1.15 bits per heavy atom. The van der Waals surface area contributed by atoms with Crippen molar-refractivity contribution in [3.8, 4) is 0 Å². The van der Waals surface area contributed by atoms with E-state index >= 15 is 0 Å². The SMILES string of the molecule is CCNC(CCc1ccccc1)Cc1cnn(CC)c1. The van der Waals surface area contributed by atoms with Gasteiger partial charge in [-0.15, -0.1) is 0 Å². The van der Waals surface area contributed by atoms with Gasteiger partial charge in [-0.3, -0.25) is 4.68 Å². The molecule has 2 aromatic rings. The van der Waals surface area contributed by atoms with Gasteiger partial charge in [0.15, 0.2) is 0 Å². The highest BCUT2D eigenvalue weighted by atomic mass is 15.3. The Labute approximate surface area is 122 Å². The molecular weight excluding hydrogens is 246 g/mol. The summed E-state index contributed by atoms with van der Waals surface area (Å²) in [5.74, 6) is 0. The average molecular weight is 271 g/mol. The largest absolute Gasteiger partial charge is 0.314 e. The molecule has 0 saturated heterocycles. The van der Waals surface area contributed by atoms with E-state index < -0.39 is 0 Å². The zero-order chi connectivity index (χ0) is 14.2. The van der Waals surface area contributed by atoms with Gasteiger partial charge in [0.05, 0.1) is 6.20 Å². The van der Waals surface area contributed by atoms with E-state index in [9.17, 15) is 0 Å². The molecule has 0 fully saturated rings. The second-order valence-corrected chi connectivity index (χ2v) is 5.19. The first-order chi connectivity index (χ1) is 9.81. The van der Waals surface area contributed by atoms with Crippen molar-refractivity contribution in [3.05, 3.63) is 53.9 Å². The van der Waals surface area contributed by atoms with Crippen LogP contribution in [0, 0.1) is 0 Å². The van der Waals surface area contributed by atoms with E-state index in [0.29, 0.717) is 6.04 Å². The Hall–Kier alpha value is -1.61. The van der Waals surface area contributed by atoms with Gasteiger partial charge in [-0.2, -0.15) is 5.10 Å². The summed E-state index contributed by atoms with van der Waals surface area (Å²) in [6, 6.07) is 11.2. The maximum Gasteiger partial charge on any atom is 0.0522 e. The highest BCUT2D eigenvalue weighted by Crippen LogP contribution is 2.10. The normalized spacial score (nSPS) is 12.5. The van der Waals surface area contributed by atoms with Crippen molar-refractivity contribution in [3.63, 3.8) is 0 Å². The first kappa shape index (κ1) is 14.8. The molecule has 0 bridgehead atoms. The maximum atomic E-state index is 4.36. The van der Waals surface area contributed by atoms with Crippen molar-refractivity contribution in [2.45, 2.75) is 45.7 Å². The zero-order valence-corrected chi connectivity index (χ0v) is 12.5. The summed E-state index contributed by atoms with van der Waals surface area (Å²) in [7, 11) is 0. The quantitative estimate of drug-likeness (QED) is 0.799. The minimum absolute atomic E-state index is 0.523. The van der Waals surface area contributed by atoms with Crippen LogP contribution in [0.2, 0.25) is 0 Å². The van der Waals surface area contributed by atoms with Gasteiger partial charge in [0.1, 0.15) is 0 Å². The fourth-order valence-electron chi connectivity index (χ4n) is 2.52. The van der Waals surface area contributed by atoms with Gasteiger partial charge in [-0.05, 0) is 43.9 Å². The molecule has 0 aliphatic heterocycles. The van der Waals surface area contributed by atoms with Crippen LogP contribution in [0.5, 0.6) is 0 Å². The van der Waals surface area contributed by atoms with Crippen LogP contribution in [-0.4, -0.2) is 22.4 Å². The fraction of sp³-hybridized carbons (Fsp3) is 0.471. The average Bonchev–Trinajstić information content (AvgIpc) is 2.94. The molecule has 0 saturated carbocycles. The van der Waals surface area contributed by atoms with E-state index in [2.05, 4.69) is 60.8 Å².